The molecular weight excluding hydrogens is 1170 g/mol. The Morgan fingerprint density at radius 2 is 0.224 bits per heavy atom. The van der Waals surface area contributed by atoms with Crippen LogP contribution in [0.15, 0.2) is 0 Å². The molecule has 1 fully saturated rings. The third kappa shape index (κ3) is 53.1. The first-order valence-corrected chi connectivity index (χ1v) is 60.7. The van der Waals surface area contributed by atoms with E-state index in [0.29, 0.717) is 0 Å². The Bertz CT molecular complexity index is 903. The third-order valence-corrected chi connectivity index (χ3v) is 187. The fraction of sp³-hybridized carbons (Fsp3) is 1.00. The van der Waals surface area contributed by atoms with Crippen molar-refractivity contribution in [2.45, 2.75) is 456 Å². The van der Waals surface area contributed by atoms with Crippen LogP contribution in [0.1, 0.15) is 439 Å². The van der Waals surface area contributed by atoms with Crippen LogP contribution in [0.4, 0.5) is 0 Å². The summed E-state index contributed by atoms with van der Waals surface area (Å²) in [6.45, 7) is 9.35. The monoisotopic (exact) mass is 1320 g/mol. The molecule has 1 heterocycles. The van der Waals surface area contributed by atoms with Crippen LogP contribution in [0.3, 0.4) is 0 Å². The number of hydrogen-bond acceptors (Lipinski definition) is 2. The second kappa shape index (κ2) is 63.3. The molecule has 1 aliphatic heterocycles. The number of hydrogen-bond donors (Lipinski definition) is 0. The van der Waals surface area contributed by atoms with Gasteiger partial charge in [0.1, 0.15) is 0 Å². The molecule has 0 spiro atoms. The van der Waals surface area contributed by atoms with Crippen LogP contribution in [-0.2, 0) is 0 Å². The number of rotatable bonds is 68. The van der Waals surface area contributed by atoms with E-state index in [1.165, 1.54) is 334 Å². The molecule has 0 saturated carbocycles. The Morgan fingerprint density at radius 3 is 0.329 bits per heavy atom. The first-order valence-electron chi connectivity index (χ1n) is 37.1. The van der Waals surface area contributed by atoms with Gasteiger partial charge in [-0.1, -0.05) is 156 Å². The van der Waals surface area contributed by atoms with Gasteiger partial charge >= 0.3 is 344 Å². The van der Waals surface area contributed by atoms with Crippen molar-refractivity contribution < 1.29 is 0 Å². The van der Waals surface area contributed by atoms with E-state index in [1.54, 1.807) is 94.8 Å². The normalized spacial score (nSPS) is 14.1. The molecule has 0 aromatic heterocycles. The summed E-state index contributed by atoms with van der Waals surface area (Å²) in [5.41, 5.74) is 0. The predicted octanol–water partition coefficient (Wildman–Crippen LogP) is 29.4. The molecule has 0 nitrogen and oxygen atoms in total. The zero-order valence-corrected chi connectivity index (χ0v) is 61.2. The van der Waals surface area contributed by atoms with Gasteiger partial charge in [0.05, 0.1) is 0 Å². The Hall–Kier alpha value is 2.30. The summed E-state index contributed by atoms with van der Waals surface area (Å²) in [4.78, 5) is 0. The van der Waals surface area contributed by atoms with Gasteiger partial charge in [0, 0.05) is 0 Å². The molecule has 0 aromatic rings. The van der Waals surface area contributed by atoms with E-state index in [9.17, 15) is 0 Å². The van der Waals surface area contributed by atoms with Gasteiger partial charge < -0.3 is 0 Å². The molecular formula is C72H148S2Sn2. The third-order valence-electron chi connectivity index (χ3n) is 18.4. The maximum atomic E-state index is 3.00. The summed E-state index contributed by atoms with van der Waals surface area (Å²) in [6, 6.07) is 0. The summed E-state index contributed by atoms with van der Waals surface area (Å²) in [5.74, 6) is 0. The minimum atomic E-state index is -2.12. The van der Waals surface area contributed by atoms with Crippen LogP contribution in [-0.4, -0.2) is 31.2 Å². The van der Waals surface area contributed by atoms with Gasteiger partial charge in [-0.25, -0.2) is 0 Å². The molecule has 0 radical (unpaired) electrons. The van der Waals surface area contributed by atoms with E-state index >= 15 is 0 Å². The summed E-state index contributed by atoms with van der Waals surface area (Å²) in [5, 5.41) is 0. The van der Waals surface area contributed by atoms with Gasteiger partial charge in [-0.05, 0) is 0 Å². The predicted molar refractivity (Wildman–Crippen MR) is 364 cm³/mol. The summed E-state index contributed by atoms with van der Waals surface area (Å²) < 4.78 is 7.05. The van der Waals surface area contributed by atoms with Crippen LogP contribution in [0.5, 0.6) is 0 Å². The maximum absolute atomic E-state index is 3.00. The van der Waals surface area contributed by atoms with Gasteiger partial charge in [-0.15, -0.1) is 0 Å². The van der Waals surface area contributed by atoms with Crippen molar-refractivity contribution >= 4 is 43.5 Å². The minimum absolute atomic E-state index is 1.38. The van der Waals surface area contributed by atoms with Crippen molar-refractivity contribution in [3.63, 3.8) is 0 Å². The molecule has 0 N–H and O–H groups in total. The van der Waals surface area contributed by atoms with E-state index in [1.807, 2.05) is 0 Å². The second-order valence-corrected chi connectivity index (χ2v) is 94.1. The first kappa shape index (κ1) is 76.3. The van der Waals surface area contributed by atoms with Gasteiger partial charge in [0.15, 0.2) is 0 Å². The zero-order valence-electron chi connectivity index (χ0n) is 53.9. The van der Waals surface area contributed by atoms with Crippen LogP contribution in [0.25, 0.3) is 0 Å². The van der Waals surface area contributed by atoms with Crippen LogP contribution in [0.2, 0.25) is 17.7 Å². The fourth-order valence-electron chi connectivity index (χ4n) is 13.1. The molecule has 0 aromatic carbocycles. The van der Waals surface area contributed by atoms with Crippen molar-refractivity contribution in [1.82, 2.24) is 0 Å². The Morgan fingerprint density at radius 1 is 0.132 bits per heavy atom. The molecule has 0 amide bonds. The SMILES string of the molecule is CCCCCCCCCCCCCCCCC[CH2][Sn]1([CH2]CCCCCCCCCCCCCCCCC)[S][Sn]([CH2]CCCCCCCCCCCCCCCCC)([CH2]CCCCCCCCCCCCCCCCC)[S]1. The van der Waals surface area contributed by atoms with E-state index in [4.69, 9.17) is 0 Å². The average molecular weight is 1320 g/mol. The van der Waals surface area contributed by atoms with Crippen LogP contribution < -0.4 is 0 Å². The van der Waals surface area contributed by atoms with Gasteiger partial charge in [0.25, 0.3) is 0 Å². The average Bonchev–Trinajstić information content (AvgIpc) is 3.43. The molecule has 0 atom stereocenters. The molecule has 0 bridgehead atoms. The topological polar surface area (TPSA) is 0 Å². The molecule has 1 aliphatic rings. The Balaban J connectivity index is 2.59. The molecule has 76 heavy (non-hydrogen) atoms. The summed E-state index contributed by atoms with van der Waals surface area (Å²) in [7, 11) is 0. The van der Waals surface area contributed by atoms with E-state index in [2.05, 4.69) is 40.0 Å². The Kier molecular flexibility index (Phi) is 63.6. The molecule has 0 unspecified atom stereocenters. The van der Waals surface area contributed by atoms with Gasteiger partial charge in [0.2, 0.25) is 0 Å². The standard InChI is InChI=1S/4C18H37.2S.2Sn/c4*1-3-5-7-9-11-13-15-17-18-16-14-12-10-8-6-4-2;;;;/h4*1,3-18H2,2H3;;;;. The fourth-order valence-corrected chi connectivity index (χ4v) is 253. The Labute approximate surface area is 495 Å². The van der Waals surface area contributed by atoms with Crippen molar-refractivity contribution in [2.75, 3.05) is 0 Å². The van der Waals surface area contributed by atoms with Crippen molar-refractivity contribution in [3.05, 3.63) is 0 Å². The van der Waals surface area contributed by atoms with E-state index in [-0.39, 0.29) is 0 Å². The first-order chi connectivity index (χ1) is 37.7. The summed E-state index contributed by atoms with van der Waals surface area (Å²) in [6.07, 6.45) is 102. The van der Waals surface area contributed by atoms with E-state index in [0.717, 1.165) is 0 Å². The van der Waals surface area contributed by atoms with E-state index < -0.39 is 31.2 Å². The molecule has 1 rings (SSSR count). The van der Waals surface area contributed by atoms with Crippen molar-refractivity contribution in [1.29, 1.82) is 0 Å². The number of unbranched alkanes of at least 4 members (excludes halogenated alkanes) is 60. The molecule has 4 heteroatoms. The molecule has 0 aliphatic carbocycles. The van der Waals surface area contributed by atoms with Crippen molar-refractivity contribution in [3.8, 4) is 0 Å². The van der Waals surface area contributed by atoms with Crippen LogP contribution in [0, 0.1) is 0 Å². The zero-order chi connectivity index (χ0) is 54.5. The second-order valence-electron chi connectivity index (χ2n) is 26.2. The molecule has 456 valence electrons. The van der Waals surface area contributed by atoms with Crippen LogP contribution >= 0.6 is 12.3 Å². The van der Waals surface area contributed by atoms with Crippen molar-refractivity contribution in [2.24, 2.45) is 0 Å². The van der Waals surface area contributed by atoms with Gasteiger partial charge in [-0.2, -0.15) is 0 Å². The molecule has 1 saturated heterocycles. The summed E-state index contributed by atoms with van der Waals surface area (Å²) >= 11 is -4.24. The quantitative estimate of drug-likeness (QED) is 0.0440. The van der Waals surface area contributed by atoms with Gasteiger partial charge in [-0.3, -0.25) is 0 Å².